The Balaban J connectivity index is 1.58. The van der Waals surface area contributed by atoms with Crippen LogP contribution in [0.1, 0.15) is 22.5 Å². The molecule has 0 saturated carbocycles. The van der Waals surface area contributed by atoms with Crippen LogP contribution in [0, 0.1) is 12.8 Å². The van der Waals surface area contributed by atoms with Crippen molar-refractivity contribution < 1.29 is 9.53 Å². The van der Waals surface area contributed by atoms with Crippen LogP contribution in [0.3, 0.4) is 0 Å². The van der Waals surface area contributed by atoms with Crippen molar-refractivity contribution in [1.29, 1.82) is 0 Å². The normalized spacial score (nSPS) is 16.8. The van der Waals surface area contributed by atoms with E-state index in [0.717, 1.165) is 41.6 Å². The van der Waals surface area contributed by atoms with Crippen LogP contribution in [-0.4, -0.2) is 44.1 Å². The molecule has 2 N–H and O–H groups in total. The molecule has 1 amide bonds. The topological polar surface area (TPSA) is 66.5 Å². The van der Waals surface area contributed by atoms with E-state index in [4.69, 9.17) is 4.74 Å². The van der Waals surface area contributed by atoms with E-state index in [1.807, 2.05) is 32.2 Å². The van der Waals surface area contributed by atoms with Gasteiger partial charge in [0.05, 0.1) is 24.1 Å². The number of ether oxygens (including phenoxy) is 1. The summed E-state index contributed by atoms with van der Waals surface area (Å²) in [7, 11) is 3.51. The fourth-order valence-electron chi connectivity index (χ4n) is 3.24. The monoisotopic (exact) mass is 360 g/mol. The highest BCUT2D eigenvalue weighted by Gasteiger charge is 2.26. The molecule has 7 heteroatoms. The molecule has 2 aromatic rings. The predicted octanol–water partition coefficient (Wildman–Crippen LogP) is 2.76. The number of nitrogens with zero attached hydrogens (tertiary/aromatic N) is 2. The molecule has 134 valence electrons. The molecule has 1 aromatic heterocycles. The fraction of sp³-hybridized carbons (Fsp3) is 0.444. The number of nitrogens with one attached hydrogen (secondary N) is 2. The van der Waals surface area contributed by atoms with Crippen LogP contribution in [-0.2, 0) is 0 Å². The van der Waals surface area contributed by atoms with Gasteiger partial charge in [-0.2, -0.15) is 4.37 Å². The first-order valence-electron chi connectivity index (χ1n) is 8.44. The number of aryl methyl sites for hydroxylation is 1. The SMILES string of the molecule is CNc1snc(C)c1C(=O)NCC1CCN(c2ccccc2OC)C1. The molecule has 1 unspecified atom stereocenters. The number of anilines is 2. The molecular formula is C18H24N4O2S. The molecule has 1 fully saturated rings. The number of para-hydroxylation sites is 2. The van der Waals surface area contributed by atoms with Gasteiger partial charge in [0.25, 0.3) is 5.91 Å². The molecule has 6 nitrogen and oxygen atoms in total. The van der Waals surface area contributed by atoms with Crippen molar-refractivity contribution in [2.45, 2.75) is 13.3 Å². The van der Waals surface area contributed by atoms with E-state index in [1.54, 1.807) is 7.11 Å². The van der Waals surface area contributed by atoms with E-state index < -0.39 is 0 Å². The van der Waals surface area contributed by atoms with Crippen molar-refractivity contribution in [2.75, 3.05) is 44.0 Å². The summed E-state index contributed by atoms with van der Waals surface area (Å²) < 4.78 is 9.71. The Morgan fingerprint density at radius 1 is 1.44 bits per heavy atom. The summed E-state index contributed by atoms with van der Waals surface area (Å²) in [5.74, 6) is 1.27. The zero-order valence-electron chi connectivity index (χ0n) is 14.8. The van der Waals surface area contributed by atoms with Crippen LogP contribution >= 0.6 is 11.5 Å². The second-order valence-electron chi connectivity index (χ2n) is 6.20. The fourth-order valence-corrected chi connectivity index (χ4v) is 3.98. The van der Waals surface area contributed by atoms with Crippen LogP contribution in [0.4, 0.5) is 10.7 Å². The first kappa shape index (κ1) is 17.5. The van der Waals surface area contributed by atoms with Gasteiger partial charge in [-0.05, 0) is 42.9 Å². The third-order valence-electron chi connectivity index (χ3n) is 4.58. The highest BCUT2D eigenvalue weighted by atomic mass is 32.1. The van der Waals surface area contributed by atoms with Crippen LogP contribution in [0.5, 0.6) is 5.75 Å². The van der Waals surface area contributed by atoms with E-state index in [0.29, 0.717) is 18.0 Å². The second kappa shape index (κ2) is 7.74. The summed E-state index contributed by atoms with van der Waals surface area (Å²) in [6, 6.07) is 8.07. The van der Waals surface area contributed by atoms with E-state index in [9.17, 15) is 4.79 Å². The highest BCUT2D eigenvalue weighted by Crippen LogP contribution is 2.32. The summed E-state index contributed by atoms with van der Waals surface area (Å²) in [5.41, 5.74) is 2.55. The van der Waals surface area contributed by atoms with Gasteiger partial charge in [0.15, 0.2) is 0 Å². The van der Waals surface area contributed by atoms with Gasteiger partial charge in [0, 0.05) is 26.7 Å². The first-order valence-corrected chi connectivity index (χ1v) is 9.21. The first-order chi connectivity index (χ1) is 12.1. The summed E-state index contributed by atoms with van der Waals surface area (Å²) in [6.45, 7) is 4.43. The van der Waals surface area contributed by atoms with E-state index in [-0.39, 0.29) is 5.91 Å². The van der Waals surface area contributed by atoms with Gasteiger partial charge >= 0.3 is 0 Å². The number of aromatic nitrogens is 1. The number of carbonyl (C=O) groups excluding carboxylic acids is 1. The maximum Gasteiger partial charge on any atom is 0.256 e. The molecule has 0 radical (unpaired) electrons. The Bertz CT molecular complexity index is 746. The van der Waals surface area contributed by atoms with Gasteiger partial charge in [-0.1, -0.05) is 12.1 Å². The minimum absolute atomic E-state index is 0.0497. The van der Waals surface area contributed by atoms with Crippen LogP contribution in [0.15, 0.2) is 24.3 Å². The van der Waals surface area contributed by atoms with Crippen molar-refractivity contribution in [1.82, 2.24) is 9.69 Å². The summed E-state index contributed by atoms with van der Waals surface area (Å²) >= 11 is 1.32. The molecule has 1 aliphatic heterocycles. The van der Waals surface area contributed by atoms with E-state index in [2.05, 4.69) is 26.0 Å². The summed E-state index contributed by atoms with van der Waals surface area (Å²) in [6.07, 6.45) is 1.05. The summed E-state index contributed by atoms with van der Waals surface area (Å²) in [4.78, 5) is 14.8. The lowest BCUT2D eigenvalue weighted by Crippen LogP contribution is -2.31. The molecule has 2 heterocycles. The van der Waals surface area contributed by atoms with Gasteiger partial charge in [-0.25, -0.2) is 0 Å². The lowest BCUT2D eigenvalue weighted by molar-refractivity contribution is 0.0948. The maximum absolute atomic E-state index is 12.5. The predicted molar refractivity (Wildman–Crippen MR) is 102 cm³/mol. The Kier molecular flexibility index (Phi) is 5.43. The maximum atomic E-state index is 12.5. The Hall–Kier alpha value is -2.28. The number of benzene rings is 1. The number of methoxy groups -OCH3 is 1. The molecule has 1 aromatic carbocycles. The molecule has 1 aliphatic rings. The molecule has 1 atom stereocenters. The third-order valence-corrected chi connectivity index (χ3v) is 5.54. The number of hydrogen-bond acceptors (Lipinski definition) is 6. The van der Waals surface area contributed by atoms with Gasteiger partial charge in [0.1, 0.15) is 10.8 Å². The van der Waals surface area contributed by atoms with Gasteiger partial charge < -0.3 is 20.3 Å². The molecule has 0 aliphatic carbocycles. The minimum atomic E-state index is -0.0497. The molecule has 0 bridgehead atoms. The molecule has 25 heavy (non-hydrogen) atoms. The van der Waals surface area contributed by atoms with Crippen molar-refractivity contribution in [3.05, 3.63) is 35.5 Å². The third kappa shape index (κ3) is 3.71. The van der Waals surface area contributed by atoms with Gasteiger partial charge in [0.2, 0.25) is 0 Å². The number of hydrogen-bond donors (Lipinski definition) is 2. The van der Waals surface area contributed by atoms with Gasteiger partial charge in [-0.15, -0.1) is 0 Å². The second-order valence-corrected chi connectivity index (χ2v) is 6.98. The number of amides is 1. The van der Waals surface area contributed by atoms with E-state index >= 15 is 0 Å². The van der Waals surface area contributed by atoms with Crippen LogP contribution in [0.25, 0.3) is 0 Å². The van der Waals surface area contributed by atoms with Crippen LogP contribution < -0.4 is 20.3 Å². The Morgan fingerprint density at radius 3 is 3.00 bits per heavy atom. The standard InChI is InChI=1S/C18H24N4O2S/c1-12-16(18(19-2)25-21-12)17(23)20-10-13-8-9-22(11-13)14-6-4-5-7-15(14)24-3/h4-7,13,19H,8-11H2,1-3H3,(H,20,23). The molecule has 0 spiro atoms. The number of rotatable bonds is 6. The molecule has 1 saturated heterocycles. The van der Waals surface area contributed by atoms with Crippen molar-refractivity contribution in [3.63, 3.8) is 0 Å². The largest absolute Gasteiger partial charge is 0.495 e. The zero-order valence-corrected chi connectivity index (χ0v) is 15.7. The number of carbonyl (C=O) groups is 1. The average molecular weight is 360 g/mol. The Labute approximate surface area is 152 Å². The van der Waals surface area contributed by atoms with Crippen molar-refractivity contribution in [3.8, 4) is 5.75 Å². The van der Waals surface area contributed by atoms with Crippen molar-refractivity contribution in [2.24, 2.45) is 5.92 Å². The van der Waals surface area contributed by atoms with E-state index in [1.165, 1.54) is 11.5 Å². The Morgan fingerprint density at radius 2 is 2.24 bits per heavy atom. The van der Waals surface area contributed by atoms with Crippen LogP contribution in [0.2, 0.25) is 0 Å². The zero-order chi connectivity index (χ0) is 17.8. The molecular weight excluding hydrogens is 336 g/mol. The average Bonchev–Trinajstić information content (AvgIpc) is 3.26. The highest BCUT2D eigenvalue weighted by molar-refractivity contribution is 7.10. The van der Waals surface area contributed by atoms with Gasteiger partial charge in [-0.3, -0.25) is 4.79 Å². The summed E-state index contributed by atoms with van der Waals surface area (Å²) in [5, 5.41) is 6.93. The molecule has 3 rings (SSSR count). The quantitative estimate of drug-likeness (QED) is 0.829. The van der Waals surface area contributed by atoms with Crippen molar-refractivity contribution >= 4 is 28.1 Å². The lowest BCUT2D eigenvalue weighted by atomic mass is 10.1. The lowest BCUT2D eigenvalue weighted by Gasteiger charge is -2.21. The minimum Gasteiger partial charge on any atom is -0.495 e. The smallest absolute Gasteiger partial charge is 0.256 e.